The topological polar surface area (TPSA) is 39.4 Å². The molecular formula is C20H18O3. The second-order valence-corrected chi connectivity index (χ2v) is 6.03. The van der Waals surface area contributed by atoms with Gasteiger partial charge in [0.2, 0.25) is 0 Å². The Morgan fingerprint density at radius 3 is 2.35 bits per heavy atom. The molecule has 0 unspecified atom stereocenters. The van der Waals surface area contributed by atoms with Crippen molar-refractivity contribution in [3.8, 4) is 0 Å². The van der Waals surface area contributed by atoms with Crippen LogP contribution in [-0.2, 0) is 18.0 Å². The molecule has 3 heteroatoms. The van der Waals surface area contributed by atoms with Gasteiger partial charge in [-0.3, -0.25) is 0 Å². The van der Waals surface area contributed by atoms with E-state index < -0.39 is 0 Å². The number of rotatable bonds is 5. The summed E-state index contributed by atoms with van der Waals surface area (Å²) in [6.45, 7) is 1.02. The number of hydrogen-bond donors (Lipinski definition) is 0. The third-order valence-corrected chi connectivity index (χ3v) is 4.28. The molecule has 0 radical (unpaired) electrons. The molecule has 1 aliphatic carbocycles. The van der Waals surface area contributed by atoms with Crippen LogP contribution in [0.4, 0.5) is 0 Å². The van der Waals surface area contributed by atoms with Crippen LogP contribution in [0.25, 0.3) is 10.8 Å². The van der Waals surface area contributed by atoms with Crippen molar-refractivity contribution in [2.24, 2.45) is 0 Å². The predicted molar refractivity (Wildman–Crippen MR) is 89.4 cm³/mol. The highest BCUT2D eigenvalue weighted by Crippen LogP contribution is 2.42. The van der Waals surface area contributed by atoms with E-state index in [1.54, 1.807) is 0 Å². The number of ether oxygens (including phenoxy) is 1. The molecule has 3 aromatic rings. The Bertz CT molecular complexity index is 876. The Balaban J connectivity index is 1.66. The van der Waals surface area contributed by atoms with Crippen LogP contribution in [0.2, 0.25) is 0 Å². The highest BCUT2D eigenvalue weighted by molar-refractivity contribution is 5.85. The minimum atomic E-state index is -0.241. The lowest BCUT2D eigenvalue weighted by atomic mass is 10.0. The molecule has 1 heterocycles. The largest absolute Gasteiger partial charge is 0.427 e. The minimum Gasteiger partial charge on any atom is -0.427 e. The van der Waals surface area contributed by atoms with Crippen LogP contribution in [0.15, 0.2) is 63.8 Å². The fourth-order valence-corrected chi connectivity index (χ4v) is 2.94. The molecule has 1 aromatic heterocycles. The van der Waals surface area contributed by atoms with E-state index in [-0.39, 0.29) is 5.63 Å². The molecule has 0 spiro atoms. The second kappa shape index (κ2) is 6.01. The molecule has 0 N–H and O–H groups in total. The lowest BCUT2D eigenvalue weighted by Gasteiger charge is -2.11. The summed E-state index contributed by atoms with van der Waals surface area (Å²) < 4.78 is 11.5. The second-order valence-electron chi connectivity index (χ2n) is 6.03. The molecule has 3 nitrogen and oxygen atoms in total. The average Bonchev–Trinajstić information content (AvgIpc) is 3.43. The van der Waals surface area contributed by atoms with Gasteiger partial charge in [-0.2, -0.15) is 0 Å². The molecule has 116 valence electrons. The molecule has 2 aromatic carbocycles. The predicted octanol–water partition coefficient (Wildman–Crippen LogP) is 4.39. The van der Waals surface area contributed by atoms with Crippen LogP contribution >= 0.6 is 0 Å². The Morgan fingerprint density at radius 2 is 1.61 bits per heavy atom. The number of fused-ring (bicyclic) bond motifs is 1. The highest BCUT2D eigenvalue weighted by Gasteiger charge is 2.30. The van der Waals surface area contributed by atoms with E-state index in [2.05, 4.69) is 0 Å². The molecule has 1 aliphatic rings. The van der Waals surface area contributed by atoms with Gasteiger partial charge < -0.3 is 9.15 Å². The van der Waals surface area contributed by atoms with Crippen LogP contribution < -0.4 is 5.63 Å². The standard InChI is InChI=1S/C20H18O3/c21-20-17-9-5-4-8-16(17)18(19(23-20)15-10-11-15)13-22-12-14-6-2-1-3-7-14/h1-9,15H,10-13H2. The van der Waals surface area contributed by atoms with E-state index in [9.17, 15) is 4.79 Å². The summed E-state index contributed by atoms with van der Waals surface area (Å²) in [6.07, 6.45) is 2.18. The fraction of sp³-hybridized carbons (Fsp3) is 0.250. The Morgan fingerprint density at radius 1 is 0.913 bits per heavy atom. The summed E-state index contributed by atoms with van der Waals surface area (Å²) in [5, 5.41) is 1.59. The Labute approximate surface area is 134 Å². The van der Waals surface area contributed by atoms with Crippen LogP contribution in [0, 0.1) is 0 Å². The number of benzene rings is 2. The fourth-order valence-electron chi connectivity index (χ4n) is 2.94. The van der Waals surface area contributed by atoms with E-state index >= 15 is 0 Å². The van der Waals surface area contributed by atoms with E-state index in [0.29, 0.717) is 24.5 Å². The maximum absolute atomic E-state index is 12.2. The summed E-state index contributed by atoms with van der Waals surface area (Å²) in [6, 6.07) is 17.7. The van der Waals surface area contributed by atoms with Gasteiger partial charge >= 0.3 is 5.63 Å². The van der Waals surface area contributed by atoms with Gasteiger partial charge in [0.1, 0.15) is 5.76 Å². The van der Waals surface area contributed by atoms with Crippen molar-refractivity contribution in [1.29, 1.82) is 0 Å². The molecule has 0 amide bonds. The lowest BCUT2D eigenvalue weighted by molar-refractivity contribution is 0.105. The van der Waals surface area contributed by atoms with Gasteiger partial charge in [0, 0.05) is 11.5 Å². The van der Waals surface area contributed by atoms with Gasteiger partial charge in [-0.25, -0.2) is 4.79 Å². The van der Waals surface area contributed by atoms with Crippen molar-refractivity contribution >= 4 is 10.8 Å². The molecule has 4 rings (SSSR count). The molecule has 23 heavy (non-hydrogen) atoms. The van der Waals surface area contributed by atoms with Crippen LogP contribution in [-0.4, -0.2) is 0 Å². The zero-order valence-corrected chi connectivity index (χ0v) is 12.8. The summed E-state index contributed by atoms with van der Waals surface area (Å²) >= 11 is 0. The van der Waals surface area contributed by atoms with E-state index in [1.165, 1.54) is 0 Å². The maximum atomic E-state index is 12.2. The molecular weight excluding hydrogens is 288 g/mol. The molecule has 0 bridgehead atoms. The monoisotopic (exact) mass is 306 g/mol. The summed E-state index contributed by atoms with van der Waals surface area (Å²) in [4.78, 5) is 12.2. The molecule has 0 saturated heterocycles. The normalized spacial score (nSPS) is 14.3. The van der Waals surface area contributed by atoms with Gasteiger partial charge in [-0.1, -0.05) is 48.5 Å². The van der Waals surface area contributed by atoms with Crippen molar-refractivity contribution < 1.29 is 9.15 Å². The van der Waals surface area contributed by atoms with Crippen LogP contribution in [0.5, 0.6) is 0 Å². The van der Waals surface area contributed by atoms with Crippen molar-refractivity contribution in [2.75, 3.05) is 0 Å². The van der Waals surface area contributed by atoms with Gasteiger partial charge in [0.05, 0.1) is 18.6 Å². The third kappa shape index (κ3) is 2.92. The molecule has 0 aliphatic heterocycles. The average molecular weight is 306 g/mol. The summed E-state index contributed by atoms with van der Waals surface area (Å²) in [5.74, 6) is 1.20. The van der Waals surface area contributed by atoms with Crippen LogP contribution in [0.1, 0.15) is 35.6 Å². The third-order valence-electron chi connectivity index (χ3n) is 4.28. The Kier molecular flexibility index (Phi) is 3.72. The van der Waals surface area contributed by atoms with Crippen molar-refractivity contribution in [3.63, 3.8) is 0 Å². The first-order valence-corrected chi connectivity index (χ1v) is 7.99. The zero-order valence-electron chi connectivity index (χ0n) is 12.8. The SMILES string of the molecule is O=c1oc(C2CC2)c(COCc2ccccc2)c2ccccc12. The highest BCUT2D eigenvalue weighted by atomic mass is 16.5. The zero-order chi connectivity index (χ0) is 15.6. The number of hydrogen-bond acceptors (Lipinski definition) is 3. The first-order valence-electron chi connectivity index (χ1n) is 7.99. The van der Waals surface area contributed by atoms with Crippen molar-refractivity contribution in [2.45, 2.75) is 32.0 Å². The maximum Gasteiger partial charge on any atom is 0.343 e. The van der Waals surface area contributed by atoms with E-state index in [0.717, 1.165) is 35.1 Å². The van der Waals surface area contributed by atoms with Crippen molar-refractivity contribution in [1.82, 2.24) is 0 Å². The van der Waals surface area contributed by atoms with Crippen LogP contribution in [0.3, 0.4) is 0 Å². The minimum absolute atomic E-state index is 0.241. The smallest absolute Gasteiger partial charge is 0.343 e. The molecule has 1 saturated carbocycles. The van der Waals surface area contributed by atoms with Gasteiger partial charge in [0.25, 0.3) is 0 Å². The summed E-state index contributed by atoms with van der Waals surface area (Å²) in [5.41, 5.74) is 1.93. The van der Waals surface area contributed by atoms with Gasteiger partial charge in [-0.05, 0) is 29.9 Å². The Hall–Kier alpha value is -2.39. The van der Waals surface area contributed by atoms with E-state index in [4.69, 9.17) is 9.15 Å². The first-order chi connectivity index (χ1) is 11.3. The quantitative estimate of drug-likeness (QED) is 0.702. The van der Waals surface area contributed by atoms with Gasteiger partial charge in [0.15, 0.2) is 0 Å². The summed E-state index contributed by atoms with van der Waals surface area (Å²) in [7, 11) is 0. The van der Waals surface area contributed by atoms with E-state index in [1.807, 2.05) is 54.6 Å². The molecule has 1 fully saturated rings. The first kappa shape index (κ1) is 14.2. The van der Waals surface area contributed by atoms with Gasteiger partial charge in [-0.15, -0.1) is 0 Å². The lowest BCUT2D eigenvalue weighted by Crippen LogP contribution is -2.07. The molecule has 0 atom stereocenters. The van der Waals surface area contributed by atoms with Crippen molar-refractivity contribution in [3.05, 3.63) is 81.9 Å².